The molecule has 0 aromatic heterocycles. The molecule has 0 saturated carbocycles. The molecule has 2 aromatic rings. The van der Waals surface area contributed by atoms with E-state index in [0.29, 0.717) is 11.3 Å². The number of nitrogens with zero attached hydrogens (tertiary/aromatic N) is 2. The van der Waals surface area contributed by atoms with Gasteiger partial charge < -0.3 is 9.64 Å². The highest BCUT2D eigenvalue weighted by Crippen LogP contribution is 2.28. The zero-order chi connectivity index (χ0) is 19.6. The lowest BCUT2D eigenvalue weighted by Gasteiger charge is -2.14. The predicted octanol–water partition coefficient (Wildman–Crippen LogP) is 5.05. The maximum Gasteiger partial charge on any atom is 0.339 e. The molecule has 0 aliphatic carbocycles. The molecule has 0 N–H and O–H groups in total. The number of thioether (sulfide) groups is 2. The summed E-state index contributed by atoms with van der Waals surface area (Å²) in [6.45, 7) is 0. The van der Waals surface area contributed by atoms with Crippen molar-refractivity contribution in [3.8, 4) is 0 Å². The van der Waals surface area contributed by atoms with E-state index in [1.807, 2.05) is 79.8 Å². The zero-order valence-electron chi connectivity index (χ0n) is 16.0. The van der Waals surface area contributed by atoms with Crippen LogP contribution in [0.15, 0.2) is 65.8 Å². The second-order valence-corrected chi connectivity index (χ2v) is 7.88. The highest BCUT2D eigenvalue weighted by atomic mass is 32.2. The fourth-order valence-corrected chi connectivity index (χ4v) is 3.94. The van der Waals surface area contributed by atoms with Crippen LogP contribution >= 0.6 is 23.5 Å². The monoisotopic (exact) mass is 400 g/mol. The van der Waals surface area contributed by atoms with Crippen LogP contribution in [-0.2, 0) is 15.3 Å². The smallest absolute Gasteiger partial charge is 0.339 e. The number of rotatable bonds is 6. The molecule has 0 atom stereocenters. The molecule has 6 heteroatoms. The summed E-state index contributed by atoms with van der Waals surface area (Å²) in [6.07, 6.45) is 3.81. The Morgan fingerprint density at radius 3 is 2.41 bits per heavy atom. The van der Waals surface area contributed by atoms with Crippen LogP contribution in [0.5, 0.6) is 0 Å². The van der Waals surface area contributed by atoms with E-state index in [2.05, 4.69) is 0 Å². The lowest BCUT2D eigenvalue weighted by Crippen LogP contribution is -2.11. The molecule has 0 amide bonds. The normalized spacial score (nSPS) is 12.0. The fourth-order valence-electron chi connectivity index (χ4n) is 2.39. The van der Waals surface area contributed by atoms with Crippen LogP contribution in [-0.4, -0.2) is 42.7 Å². The van der Waals surface area contributed by atoms with Gasteiger partial charge in [0.2, 0.25) is 0 Å². The Labute approximate surface area is 169 Å². The molecule has 2 aromatic carbocycles. The van der Waals surface area contributed by atoms with E-state index in [4.69, 9.17) is 9.73 Å². The van der Waals surface area contributed by atoms with Gasteiger partial charge in [-0.05, 0) is 29.5 Å². The number of ether oxygens (including phenoxy) is 1. The Morgan fingerprint density at radius 2 is 1.78 bits per heavy atom. The molecule has 2 rings (SSSR count). The molecule has 0 radical (unpaired) electrons. The predicted molar refractivity (Wildman–Crippen MR) is 118 cm³/mol. The van der Waals surface area contributed by atoms with Crippen molar-refractivity contribution in [1.29, 1.82) is 0 Å². The van der Waals surface area contributed by atoms with Crippen LogP contribution in [0.25, 0.3) is 5.57 Å². The number of carbonyl (C=O) groups excluding carboxylic acids is 1. The SMILES string of the molecule is COC(=O)/C(=C/N(C)C)c1ccccc1CSC(=Nc1ccccc1)SC. The van der Waals surface area contributed by atoms with Gasteiger partial charge in [0, 0.05) is 26.0 Å². The van der Waals surface area contributed by atoms with Gasteiger partial charge >= 0.3 is 5.97 Å². The number of esters is 1. The van der Waals surface area contributed by atoms with E-state index in [0.717, 1.165) is 21.2 Å². The summed E-state index contributed by atoms with van der Waals surface area (Å²) >= 11 is 3.28. The maximum atomic E-state index is 12.3. The van der Waals surface area contributed by atoms with Gasteiger partial charge in [0.25, 0.3) is 0 Å². The van der Waals surface area contributed by atoms with Gasteiger partial charge in [-0.1, -0.05) is 54.2 Å². The van der Waals surface area contributed by atoms with Crippen LogP contribution in [0.4, 0.5) is 5.69 Å². The summed E-state index contributed by atoms with van der Waals surface area (Å²) in [5.41, 5.74) is 3.43. The van der Waals surface area contributed by atoms with Gasteiger partial charge in [0.05, 0.1) is 18.4 Å². The van der Waals surface area contributed by atoms with E-state index in [-0.39, 0.29) is 5.97 Å². The average Bonchev–Trinajstić information content (AvgIpc) is 2.69. The molecule has 0 spiro atoms. The van der Waals surface area contributed by atoms with Crippen molar-refractivity contribution in [2.24, 2.45) is 4.99 Å². The first-order valence-corrected chi connectivity index (χ1v) is 10.6. The van der Waals surface area contributed by atoms with Crippen molar-refractivity contribution in [3.63, 3.8) is 0 Å². The van der Waals surface area contributed by atoms with Crippen molar-refractivity contribution in [3.05, 3.63) is 71.9 Å². The molecule has 0 aliphatic heterocycles. The van der Waals surface area contributed by atoms with E-state index < -0.39 is 0 Å². The quantitative estimate of drug-likeness (QED) is 0.294. The van der Waals surface area contributed by atoms with Crippen LogP contribution in [0.3, 0.4) is 0 Å². The summed E-state index contributed by atoms with van der Waals surface area (Å²) in [7, 11) is 5.18. The van der Waals surface area contributed by atoms with E-state index in [1.165, 1.54) is 7.11 Å². The Morgan fingerprint density at radius 1 is 1.11 bits per heavy atom. The lowest BCUT2D eigenvalue weighted by molar-refractivity contribution is -0.133. The Balaban J connectivity index is 2.27. The lowest BCUT2D eigenvalue weighted by atomic mass is 10.0. The van der Waals surface area contributed by atoms with Crippen LogP contribution < -0.4 is 0 Å². The molecular weight excluding hydrogens is 376 g/mol. The molecule has 0 unspecified atom stereocenters. The molecule has 0 saturated heterocycles. The first-order valence-electron chi connectivity index (χ1n) is 8.40. The molecule has 0 aliphatic rings. The minimum absolute atomic E-state index is 0.343. The van der Waals surface area contributed by atoms with Crippen molar-refractivity contribution >= 4 is 45.1 Å². The van der Waals surface area contributed by atoms with Crippen molar-refractivity contribution < 1.29 is 9.53 Å². The molecule has 0 bridgehead atoms. The first kappa shape index (κ1) is 21.1. The highest BCUT2D eigenvalue weighted by molar-refractivity contribution is 8.38. The number of aliphatic imine (C=N–C) groups is 1. The first-order chi connectivity index (χ1) is 13.0. The number of methoxy groups -OCH3 is 1. The van der Waals surface area contributed by atoms with Crippen molar-refractivity contribution in [1.82, 2.24) is 4.90 Å². The number of hydrogen-bond donors (Lipinski definition) is 0. The third-order valence-electron chi connectivity index (χ3n) is 3.60. The Hall–Kier alpha value is -2.18. The minimum atomic E-state index is -0.343. The molecule has 27 heavy (non-hydrogen) atoms. The number of para-hydroxylation sites is 1. The standard InChI is InChI=1S/C21H24N2O2S2/c1-23(2)14-19(20(24)25-3)18-13-9-8-10-16(18)15-27-21(26-4)22-17-11-6-5-7-12-17/h5-14H,15H2,1-4H3/b19-14+,22-21?. The van der Waals surface area contributed by atoms with Crippen LogP contribution in [0, 0.1) is 0 Å². The van der Waals surface area contributed by atoms with Gasteiger partial charge in [-0.3, -0.25) is 0 Å². The van der Waals surface area contributed by atoms with Crippen molar-refractivity contribution in [2.45, 2.75) is 5.75 Å². The summed E-state index contributed by atoms with van der Waals surface area (Å²) < 4.78 is 5.96. The largest absolute Gasteiger partial charge is 0.465 e. The van der Waals surface area contributed by atoms with E-state index in [9.17, 15) is 4.79 Å². The second-order valence-electron chi connectivity index (χ2n) is 5.86. The molecule has 142 valence electrons. The summed E-state index contributed by atoms with van der Waals surface area (Å²) in [5, 5.41) is 0. The molecule has 0 heterocycles. The Kier molecular flexibility index (Phi) is 8.48. The molecule has 0 fully saturated rings. The third kappa shape index (κ3) is 6.48. The summed E-state index contributed by atoms with van der Waals surface area (Å²) in [6, 6.07) is 17.8. The number of benzene rings is 2. The number of carbonyl (C=O) groups is 1. The Bertz CT molecular complexity index is 818. The van der Waals surface area contributed by atoms with Gasteiger partial charge in [0.1, 0.15) is 4.38 Å². The van der Waals surface area contributed by atoms with Crippen LogP contribution in [0.1, 0.15) is 11.1 Å². The minimum Gasteiger partial charge on any atom is -0.465 e. The van der Waals surface area contributed by atoms with Crippen LogP contribution in [0.2, 0.25) is 0 Å². The van der Waals surface area contributed by atoms with Gasteiger partial charge in [-0.2, -0.15) is 0 Å². The molecular formula is C21H24N2O2S2. The van der Waals surface area contributed by atoms with E-state index in [1.54, 1.807) is 29.7 Å². The average molecular weight is 401 g/mol. The topological polar surface area (TPSA) is 41.9 Å². The third-order valence-corrected chi connectivity index (χ3v) is 5.69. The summed E-state index contributed by atoms with van der Waals surface area (Å²) in [5.74, 6) is 0.369. The fraction of sp³-hybridized carbons (Fsp3) is 0.238. The van der Waals surface area contributed by atoms with Crippen molar-refractivity contribution in [2.75, 3.05) is 27.5 Å². The van der Waals surface area contributed by atoms with Gasteiger partial charge in [-0.25, -0.2) is 9.79 Å². The summed E-state index contributed by atoms with van der Waals surface area (Å²) in [4.78, 5) is 18.8. The number of hydrogen-bond acceptors (Lipinski definition) is 6. The second kappa shape index (κ2) is 10.8. The zero-order valence-corrected chi connectivity index (χ0v) is 17.6. The molecule has 4 nitrogen and oxygen atoms in total. The maximum absolute atomic E-state index is 12.3. The highest BCUT2D eigenvalue weighted by Gasteiger charge is 2.17. The van der Waals surface area contributed by atoms with E-state index >= 15 is 0 Å². The van der Waals surface area contributed by atoms with Gasteiger partial charge in [-0.15, -0.1) is 11.8 Å². The van der Waals surface area contributed by atoms with Gasteiger partial charge in [0.15, 0.2) is 0 Å².